The average Bonchev–Trinajstić information content (AvgIpc) is 2.77. The molecule has 2 N–H and O–H groups in total. The van der Waals surface area contributed by atoms with Gasteiger partial charge in [0.05, 0.1) is 6.04 Å². The van der Waals surface area contributed by atoms with Gasteiger partial charge in [-0.2, -0.15) is 0 Å². The van der Waals surface area contributed by atoms with Crippen LogP contribution in [0.25, 0.3) is 0 Å². The molecule has 2 unspecified atom stereocenters. The van der Waals surface area contributed by atoms with E-state index in [4.69, 9.17) is 0 Å². The van der Waals surface area contributed by atoms with Gasteiger partial charge in [0, 0.05) is 12.2 Å². The Hall–Kier alpha value is -1.09. The fraction of sp³-hybridized carbons (Fsp3) is 0.538. The van der Waals surface area contributed by atoms with E-state index in [0.29, 0.717) is 13.0 Å². The summed E-state index contributed by atoms with van der Waals surface area (Å²) in [6, 6.07) is 8.19. The van der Waals surface area contributed by atoms with E-state index in [1.54, 1.807) is 0 Å². The third-order valence-corrected chi connectivity index (χ3v) is 3.81. The molecule has 16 heavy (non-hydrogen) atoms. The third kappa shape index (κ3) is 1.59. The van der Waals surface area contributed by atoms with Gasteiger partial charge < -0.3 is 10.6 Å². The van der Waals surface area contributed by atoms with Crippen LogP contribution >= 0.6 is 0 Å². The van der Waals surface area contributed by atoms with Crippen LogP contribution in [-0.4, -0.2) is 24.8 Å². The highest BCUT2D eigenvalue weighted by molar-refractivity contribution is 5.54. The zero-order valence-electron chi connectivity index (χ0n) is 9.30. The lowest BCUT2D eigenvalue weighted by Gasteiger charge is -2.35. The van der Waals surface area contributed by atoms with E-state index < -0.39 is 5.67 Å². The van der Waals surface area contributed by atoms with Gasteiger partial charge in [0.2, 0.25) is 0 Å². The zero-order chi connectivity index (χ0) is 11.0. The minimum absolute atomic E-state index is 0.0302. The highest BCUT2D eigenvalue weighted by atomic mass is 19.1. The van der Waals surface area contributed by atoms with Crippen LogP contribution in [-0.2, 0) is 6.42 Å². The van der Waals surface area contributed by atoms with Crippen molar-refractivity contribution in [1.29, 1.82) is 0 Å². The zero-order valence-corrected chi connectivity index (χ0v) is 9.30. The summed E-state index contributed by atoms with van der Waals surface area (Å²) >= 11 is 0. The second kappa shape index (κ2) is 3.74. The third-order valence-electron chi connectivity index (χ3n) is 3.81. The van der Waals surface area contributed by atoms with Gasteiger partial charge >= 0.3 is 0 Å². The number of benzene rings is 1. The summed E-state index contributed by atoms with van der Waals surface area (Å²) in [5.41, 5.74) is 1.36. The van der Waals surface area contributed by atoms with Crippen molar-refractivity contribution in [2.24, 2.45) is 0 Å². The summed E-state index contributed by atoms with van der Waals surface area (Å²) < 4.78 is 14.6. The number of fused-ring (bicyclic) bond motifs is 1. The maximum Gasteiger partial charge on any atom is 0.144 e. The summed E-state index contributed by atoms with van der Waals surface area (Å²) in [4.78, 5) is 0. The maximum absolute atomic E-state index is 14.6. The molecule has 0 saturated carbocycles. The first kappa shape index (κ1) is 10.1. The van der Waals surface area contributed by atoms with E-state index in [0.717, 1.165) is 25.1 Å². The molecular weight excluding hydrogens is 203 g/mol. The number of aryl methyl sites for hydroxylation is 1. The van der Waals surface area contributed by atoms with Crippen molar-refractivity contribution >= 4 is 5.69 Å². The van der Waals surface area contributed by atoms with Gasteiger partial charge in [-0.25, -0.2) is 4.39 Å². The smallest absolute Gasteiger partial charge is 0.144 e. The number of para-hydroxylation sites is 1. The summed E-state index contributed by atoms with van der Waals surface area (Å²) in [5, 5.41) is 6.48. The van der Waals surface area contributed by atoms with Crippen LogP contribution < -0.4 is 10.6 Å². The van der Waals surface area contributed by atoms with Gasteiger partial charge in [-0.15, -0.1) is 0 Å². The summed E-state index contributed by atoms with van der Waals surface area (Å²) in [5.74, 6) is 0. The molecule has 0 aromatic heterocycles. The molecule has 3 heteroatoms. The predicted molar refractivity (Wildman–Crippen MR) is 63.5 cm³/mol. The first-order chi connectivity index (χ1) is 7.78. The molecule has 86 valence electrons. The number of anilines is 1. The van der Waals surface area contributed by atoms with Crippen LogP contribution in [0.5, 0.6) is 0 Å². The van der Waals surface area contributed by atoms with Crippen LogP contribution in [0.1, 0.15) is 18.4 Å². The van der Waals surface area contributed by atoms with E-state index in [-0.39, 0.29) is 6.04 Å². The highest BCUT2D eigenvalue weighted by Gasteiger charge is 2.42. The molecule has 2 aliphatic rings. The number of halogens is 1. The average molecular weight is 220 g/mol. The first-order valence-electron chi connectivity index (χ1n) is 6.02. The molecule has 0 radical (unpaired) electrons. The largest absolute Gasteiger partial charge is 0.379 e. The molecule has 1 saturated heterocycles. The lowest BCUT2D eigenvalue weighted by Crippen LogP contribution is -2.46. The first-order valence-corrected chi connectivity index (χ1v) is 6.02. The van der Waals surface area contributed by atoms with E-state index in [1.165, 1.54) is 5.56 Å². The fourth-order valence-electron chi connectivity index (χ4n) is 2.81. The minimum atomic E-state index is -1.06. The Morgan fingerprint density at radius 1 is 1.31 bits per heavy atom. The van der Waals surface area contributed by atoms with Crippen LogP contribution in [0.3, 0.4) is 0 Å². The number of nitrogens with one attached hydrogen (secondary N) is 2. The Morgan fingerprint density at radius 3 is 3.00 bits per heavy atom. The number of rotatable bonds is 1. The van der Waals surface area contributed by atoms with Crippen LogP contribution in [0.15, 0.2) is 24.3 Å². The molecule has 0 aliphatic carbocycles. The van der Waals surface area contributed by atoms with Crippen molar-refractivity contribution in [2.75, 3.05) is 18.4 Å². The molecular formula is C13H17FN2. The fourth-order valence-corrected chi connectivity index (χ4v) is 2.81. The minimum Gasteiger partial charge on any atom is -0.379 e. The topological polar surface area (TPSA) is 24.1 Å². The molecule has 3 rings (SSSR count). The van der Waals surface area contributed by atoms with E-state index in [2.05, 4.69) is 16.7 Å². The second-order valence-electron chi connectivity index (χ2n) is 4.85. The predicted octanol–water partition coefficient (Wildman–Crippen LogP) is 2.11. The molecule has 0 bridgehead atoms. The summed E-state index contributed by atoms with van der Waals surface area (Å²) in [6.07, 6.45) is 2.52. The van der Waals surface area contributed by atoms with E-state index in [9.17, 15) is 4.39 Å². The van der Waals surface area contributed by atoms with Crippen LogP contribution in [0.4, 0.5) is 10.1 Å². The molecule has 1 aromatic carbocycles. The summed E-state index contributed by atoms with van der Waals surface area (Å²) in [6.45, 7) is 1.29. The Labute approximate surface area is 95.2 Å². The molecule has 2 aliphatic heterocycles. The molecule has 1 aromatic rings. The number of alkyl halides is 1. The normalized spacial score (nSPS) is 33.2. The SMILES string of the molecule is FC1(C2CCc3ccccc3N2)CCNC1. The van der Waals surface area contributed by atoms with E-state index >= 15 is 0 Å². The lowest BCUT2D eigenvalue weighted by atomic mass is 9.87. The standard InChI is InChI=1S/C13H17FN2/c14-13(7-8-15-9-13)12-6-5-10-3-1-2-4-11(10)16-12/h1-4,12,15-16H,5-9H2. The van der Waals surface area contributed by atoms with Crippen molar-refractivity contribution in [2.45, 2.75) is 31.0 Å². The Balaban J connectivity index is 1.82. The van der Waals surface area contributed by atoms with E-state index in [1.807, 2.05) is 18.2 Å². The van der Waals surface area contributed by atoms with Gasteiger partial charge in [0.25, 0.3) is 0 Å². The van der Waals surface area contributed by atoms with Gasteiger partial charge in [0.1, 0.15) is 5.67 Å². The maximum atomic E-state index is 14.6. The molecule has 2 atom stereocenters. The molecule has 1 fully saturated rings. The van der Waals surface area contributed by atoms with Crippen LogP contribution in [0, 0.1) is 0 Å². The van der Waals surface area contributed by atoms with Crippen molar-refractivity contribution < 1.29 is 4.39 Å². The highest BCUT2D eigenvalue weighted by Crippen LogP contribution is 2.34. The number of hydrogen-bond donors (Lipinski definition) is 2. The molecule has 2 nitrogen and oxygen atoms in total. The van der Waals surface area contributed by atoms with Gasteiger partial charge in [-0.3, -0.25) is 0 Å². The monoisotopic (exact) mass is 220 g/mol. The quantitative estimate of drug-likeness (QED) is 0.757. The van der Waals surface area contributed by atoms with Crippen molar-refractivity contribution in [3.05, 3.63) is 29.8 Å². The van der Waals surface area contributed by atoms with Crippen molar-refractivity contribution in [3.8, 4) is 0 Å². The van der Waals surface area contributed by atoms with Gasteiger partial charge in [-0.1, -0.05) is 18.2 Å². The van der Waals surface area contributed by atoms with Gasteiger partial charge in [0.15, 0.2) is 0 Å². The summed E-state index contributed by atoms with van der Waals surface area (Å²) in [7, 11) is 0. The Kier molecular flexibility index (Phi) is 2.36. The van der Waals surface area contributed by atoms with Gasteiger partial charge in [-0.05, 0) is 37.4 Å². The Bertz CT molecular complexity index is 385. The Morgan fingerprint density at radius 2 is 2.19 bits per heavy atom. The van der Waals surface area contributed by atoms with Crippen LogP contribution in [0.2, 0.25) is 0 Å². The molecule has 0 amide bonds. The molecule has 0 spiro atoms. The van der Waals surface area contributed by atoms with Crippen molar-refractivity contribution in [3.63, 3.8) is 0 Å². The lowest BCUT2D eigenvalue weighted by molar-refractivity contribution is 0.152. The number of hydrogen-bond acceptors (Lipinski definition) is 2. The molecule has 2 heterocycles. The second-order valence-corrected chi connectivity index (χ2v) is 4.85. The van der Waals surface area contributed by atoms with Crippen molar-refractivity contribution in [1.82, 2.24) is 5.32 Å².